The van der Waals surface area contributed by atoms with Crippen LogP contribution in [-0.2, 0) is 9.59 Å². The van der Waals surface area contributed by atoms with Crippen LogP contribution >= 0.6 is 12.2 Å². The van der Waals surface area contributed by atoms with Gasteiger partial charge >= 0.3 is 0 Å². The summed E-state index contributed by atoms with van der Waals surface area (Å²) in [7, 11) is 0. The molecule has 10 heteroatoms. The Morgan fingerprint density at radius 2 is 1.62 bits per heavy atom. The Hall–Kier alpha value is -4.57. The summed E-state index contributed by atoms with van der Waals surface area (Å²) in [5, 5.41) is 18.9. The molecule has 0 radical (unpaired) electrons. The first kappa shape index (κ1) is 24.1. The molecule has 0 unspecified atom stereocenters. The Bertz CT molecular complexity index is 1210. The van der Waals surface area contributed by atoms with Crippen molar-refractivity contribution in [3.8, 4) is 5.75 Å². The van der Waals surface area contributed by atoms with E-state index in [-0.39, 0.29) is 23.3 Å². The van der Waals surface area contributed by atoms with Crippen LogP contribution in [0.3, 0.4) is 0 Å². The van der Waals surface area contributed by atoms with Crippen molar-refractivity contribution in [3.05, 3.63) is 101 Å². The molecule has 9 nitrogen and oxygen atoms in total. The van der Waals surface area contributed by atoms with E-state index in [0.29, 0.717) is 22.7 Å². The molecule has 3 rings (SSSR count). The molecule has 172 valence electrons. The predicted octanol–water partition coefficient (Wildman–Crippen LogP) is 4.14. The molecule has 3 N–H and O–H groups in total. The largest absolute Gasteiger partial charge is 0.484 e. The molecule has 0 aliphatic heterocycles. The van der Waals surface area contributed by atoms with Gasteiger partial charge in [0.05, 0.1) is 4.92 Å². The molecule has 0 heterocycles. The molecule has 0 spiro atoms. The lowest BCUT2D eigenvalue weighted by Gasteiger charge is -2.11. The highest BCUT2D eigenvalue weighted by Crippen LogP contribution is 2.16. The molecule has 34 heavy (non-hydrogen) atoms. The number of nitro groups is 1. The number of carbonyl (C=O) groups excluding carboxylic acids is 2. The van der Waals surface area contributed by atoms with E-state index in [1.165, 1.54) is 36.4 Å². The number of rotatable bonds is 8. The third-order valence-corrected chi connectivity index (χ3v) is 4.49. The Balaban J connectivity index is 1.47. The fraction of sp³-hybridized carbons (Fsp3) is 0.0417. The summed E-state index contributed by atoms with van der Waals surface area (Å²) in [6, 6.07) is 21.6. The maximum Gasteiger partial charge on any atom is 0.269 e. The summed E-state index contributed by atoms with van der Waals surface area (Å²) in [5.41, 5.74) is 1.68. The number of carbonyl (C=O) groups is 2. The lowest BCUT2D eigenvalue weighted by Crippen LogP contribution is -2.32. The first-order valence-electron chi connectivity index (χ1n) is 10.0. The van der Waals surface area contributed by atoms with E-state index in [4.69, 9.17) is 17.0 Å². The molecular formula is C24H20N4O5S. The van der Waals surface area contributed by atoms with Gasteiger partial charge in [-0.05, 0) is 66.3 Å². The lowest BCUT2D eigenvalue weighted by molar-refractivity contribution is -0.384. The number of anilines is 2. The van der Waals surface area contributed by atoms with Crippen molar-refractivity contribution >= 4 is 52.3 Å². The van der Waals surface area contributed by atoms with Crippen molar-refractivity contribution in [2.45, 2.75) is 0 Å². The quantitative estimate of drug-likeness (QED) is 0.193. The van der Waals surface area contributed by atoms with Gasteiger partial charge in [-0.2, -0.15) is 0 Å². The number of nitrogens with zero attached hydrogens (tertiary/aromatic N) is 1. The summed E-state index contributed by atoms with van der Waals surface area (Å²) < 4.78 is 5.42. The van der Waals surface area contributed by atoms with Gasteiger partial charge in [0, 0.05) is 29.6 Å². The Morgan fingerprint density at radius 1 is 0.941 bits per heavy atom. The Labute approximate surface area is 200 Å². The number of nitrogens with one attached hydrogen (secondary N) is 3. The van der Waals surface area contributed by atoms with Crippen molar-refractivity contribution in [3.63, 3.8) is 0 Å². The third kappa shape index (κ3) is 7.84. The van der Waals surface area contributed by atoms with E-state index in [1.807, 2.05) is 18.2 Å². The second-order valence-electron chi connectivity index (χ2n) is 6.86. The van der Waals surface area contributed by atoms with E-state index < -0.39 is 10.8 Å². The standard InChI is InChI=1S/C24H20N4O5S/c29-22(14-11-17-9-12-20(13-10-17)28(31)32)27-24(34)26-19-6-4-5-18(15-19)25-23(30)16-33-21-7-2-1-3-8-21/h1-15H,16H2,(H,25,30)(H2,26,27,29,34)/b14-11+. The molecule has 3 aromatic rings. The zero-order valence-corrected chi connectivity index (χ0v) is 18.6. The molecule has 0 bridgehead atoms. The van der Waals surface area contributed by atoms with Gasteiger partial charge in [0.25, 0.3) is 11.6 Å². The van der Waals surface area contributed by atoms with Gasteiger partial charge in [-0.3, -0.25) is 25.0 Å². The lowest BCUT2D eigenvalue weighted by atomic mass is 10.2. The van der Waals surface area contributed by atoms with Gasteiger partial charge in [-0.1, -0.05) is 24.3 Å². The average molecular weight is 477 g/mol. The summed E-state index contributed by atoms with van der Waals surface area (Å²) in [5.74, 6) is -0.205. The van der Waals surface area contributed by atoms with Crippen LogP contribution in [0.15, 0.2) is 84.9 Å². The molecule has 0 atom stereocenters. The van der Waals surface area contributed by atoms with Crippen LogP contribution < -0.4 is 20.7 Å². The zero-order valence-electron chi connectivity index (χ0n) is 17.8. The van der Waals surface area contributed by atoms with Crippen molar-refractivity contribution in [1.29, 1.82) is 0 Å². The summed E-state index contributed by atoms with van der Waals surface area (Å²) in [6.45, 7) is -0.142. The van der Waals surface area contributed by atoms with E-state index in [0.717, 1.165) is 0 Å². The number of amides is 2. The highest BCUT2D eigenvalue weighted by atomic mass is 32.1. The average Bonchev–Trinajstić information content (AvgIpc) is 2.82. The minimum absolute atomic E-state index is 0.0332. The van der Waals surface area contributed by atoms with Crippen LogP contribution in [-0.4, -0.2) is 28.5 Å². The number of non-ortho nitro benzene ring substituents is 1. The molecule has 0 saturated carbocycles. The van der Waals surface area contributed by atoms with Crippen LogP contribution in [0.1, 0.15) is 5.56 Å². The smallest absolute Gasteiger partial charge is 0.269 e. The fourth-order valence-electron chi connectivity index (χ4n) is 2.73. The number of para-hydroxylation sites is 1. The van der Waals surface area contributed by atoms with Crippen LogP contribution in [0.4, 0.5) is 17.1 Å². The second-order valence-corrected chi connectivity index (χ2v) is 7.26. The molecule has 0 aliphatic rings. The van der Waals surface area contributed by atoms with Gasteiger partial charge in [0.2, 0.25) is 5.91 Å². The monoisotopic (exact) mass is 476 g/mol. The topological polar surface area (TPSA) is 123 Å². The first-order chi connectivity index (χ1) is 16.4. The number of hydrogen-bond donors (Lipinski definition) is 3. The number of ether oxygens (including phenoxy) is 1. The maximum absolute atomic E-state index is 12.1. The molecule has 2 amide bonds. The molecule has 0 fully saturated rings. The van der Waals surface area contributed by atoms with E-state index in [9.17, 15) is 19.7 Å². The van der Waals surface area contributed by atoms with Crippen molar-refractivity contribution in [2.75, 3.05) is 17.2 Å². The van der Waals surface area contributed by atoms with Gasteiger partial charge in [0.1, 0.15) is 5.75 Å². The maximum atomic E-state index is 12.1. The zero-order chi connectivity index (χ0) is 24.3. The van der Waals surface area contributed by atoms with Gasteiger partial charge in [0.15, 0.2) is 11.7 Å². The molecule has 0 aromatic heterocycles. The minimum atomic E-state index is -0.497. The van der Waals surface area contributed by atoms with Gasteiger partial charge in [-0.15, -0.1) is 0 Å². The first-order valence-corrected chi connectivity index (χ1v) is 10.4. The number of benzene rings is 3. The van der Waals surface area contributed by atoms with Crippen LogP contribution in [0.25, 0.3) is 6.08 Å². The normalized spacial score (nSPS) is 10.4. The summed E-state index contributed by atoms with van der Waals surface area (Å²) >= 11 is 5.16. The highest BCUT2D eigenvalue weighted by molar-refractivity contribution is 7.80. The van der Waals surface area contributed by atoms with Crippen LogP contribution in [0.2, 0.25) is 0 Å². The van der Waals surface area contributed by atoms with Crippen molar-refractivity contribution < 1.29 is 19.2 Å². The number of nitro benzene ring substituents is 1. The summed E-state index contributed by atoms with van der Waals surface area (Å²) in [4.78, 5) is 34.4. The Morgan fingerprint density at radius 3 is 2.29 bits per heavy atom. The van der Waals surface area contributed by atoms with Gasteiger partial charge < -0.3 is 15.4 Å². The summed E-state index contributed by atoms with van der Waals surface area (Å²) in [6.07, 6.45) is 2.77. The Kier molecular flexibility index (Phi) is 8.42. The van der Waals surface area contributed by atoms with Gasteiger partial charge in [-0.25, -0.2) is 0 Å². The fourth-order valence-corrected chi connectivity index (χ4v) is 2.95. The SMILES string of the molecule is O=C(/C=C/c1ccc([N+](=O)[O-])cc1)NC(=S)Nc1cccc(NC(=O)COc2ccccc2)c1. The van der Waals surface area contributed by atoms with Crippen molar-refractivity contribution in [2.24, 2.45) is 0 Å². The van der Waals surface area contributed by atoms with E-state index >= 15 is 0 Å². The van der Waals surface area contributed by atoms with Crippen molar-refractivity contribution in [1.82, 2.24) is 5.32 Å². The predicted molar refractivity (Wildman–Crippen MR) is 134 cm³/mol. The minimum Gasteiger partial charge on any atom is -0.484 e. The van der Waals surface area contributed by atoms with Crippen LogP contribution in [0.5, 0.6) is 5.75 Å². The molecule has 0 saturated heterocycles. The van der Waals surface area contributed by atoms with Crippen LogP contribution in [0, 0.1) is 10.1 Å². The highest BCUT2D eigenvalue weighted by Gasteiger charge is 2.07. The molecule has 3 aromatic carbocycles. The van der Waals surface area contributed by atoms with E-state index in [2.05, 4.69) is 16.0 Å². The van der Waals surface area contributed by atoms with E-state index in [1.54, 1.807) is 36.4 Å². The number of thiocarbonyl (C=S) groups is 1. The second kappa shape index (κ2) is 11.9. The molecule has 0 aliphatic carbocycles. The molecular weight excluding hydrogens is 456 g/mol. The number of hydrogen-bond acceptors (Lipinski definition) is 6. The third-order valence-electron chi connectivity index (χ3n) is 4.29.